The van der Waals surface area contributed by atoms with Crippen LogP contribution < -0.4 is 5.73 Å². The number of rotatable bonds is 4. The highest BCUT2D eigenvalue weighted by atomic mass is 16.1. The number of carbonyl (C=O) groups is 1. The molecule has 0 aromatic heterocycles. The molecule has 3 rings (SSSR count). The van der Waals surface area contributed by atoms with Gasteiger partial charge in [-0.3, -0.25) is 9.79 Å². The quantitative estimate of drug-likeness (QED) is 0.668. The summed E-state index contributed by atoms with van der Waals surface area (Å²) in [5.41, 5.74) is 12.9. The summed E-state index contributed by atoms with van der Waals surface area (Å²) in [6, 6.07) is 20.4. The number of benzene rings is 3. The lowest BCUT2D eigenvalue weighted by molar-refractivity contribution is 0.100. The minimum absolute atomic E-state index is 0.396. The third-order valence-corrected chi connectivity index (χ3v) is 4.40. The fourth-order valence-electron chi connectivity index (χ4n) is 3.08. The lowest BCUT2D eigenvalue weighted by Gasteiger charge is -2.11. The Hall–Kier alpha value is -3.20. The van der Waals surface area contributed by atoms with Gasteiger partial charge in [-0.1, -0.05) is 48.5 Å². The van der Waals surface area contributed by atoms with E-state index in [1.54, 1.807) is 6.07 Å². The molecule has 3 aromatic rings. The van der Waals surface area contributed by atoms with Crippen LogP contribution in [0.2, 0.25) is 0 Å². The maximum atomic E-state index is 11.7. The Morgan fingerprint density at radius 2 is 1.52 bits per heavy atom. The van der Waals surface area contributed by atoms with Crippen LogP contribution in [-0.4, -0.2) is 12.6 Å². The second kappa shape index (κ2) is 6.73. The van der Waals surface area contributed by atoms with Crippen molar-refractivity contribution in [1.29, 1.82) is 0 Å². The molecule has 0 aliphatic carbocycles. The molecule has 0 aliphatic rings. The zero-order valence-corrected chi connectivity index (χ0v) is 14.4. The van der Waals surface area contributed by atoms with Crippen molar-refractivity contribution < 1.29 is 4.79 Å². The molecule has 0 unspecified atom stereocenters. The lowest BCUT2D eigenvalue weighted by Crippen LogP contribution is -2.11. The van der Waals surface area contributed by atoms with Crippen molar-refractivity contribution in [2.45, 2.75) is 13.8 Å². The highest BCUT2D eigenvalue weighted by Gasteiger charge is 2.13. The average molecular weight is 328 g/mol. The molecular weight excluding hydrogens is 308 g/mol. The van der Waals surface area contributed by atoms with E-state index < -0.39 is 5.91 Å². The number of nitrogens with zero attached hydrogens (tertiary/aromatic N) is 1. The van der Waals surface area contributed by atoms with Gasteiger partial charge in [0.15, 0.2) is 0 Å². The standard InChI is InChI=1S/C22H20N2O/c1-14-6-4-5-7-19(14)17-10-8-16(9-11-17)18-12-15(2)21(24-3)20(13-18)22(23)25/h4-13H,3H2,1-2H3,(H2,23,25). The minimum atomic E-state index is -0.496. The first-order chi connectivity index (χ1) is 12.0. The number of carbonyl (C=O) groups excluding carboxylic acids is 1. The summed E-state index contributed by atoms with van der Waals surface area (Å²) < 4.78 is 0. The molecule has 0 bridgehead atoms. The Morgan fingerprint density at radius 1 is 0.880 bits per heavy atom. The largest absolute Gasteiger partial charge is 0.366 e. The number of primary amides is 1. The number of aryl methyl sites for hydroxylation is 2. The molecule has 0 saturated carbocycles. The van der Waals surface area contributed by atoms with Crippen LogP contribution in [0.15, 0.2) is 65.7 Å². The van der Waals surface area contributed by atoms with Gasteiger partial charge >= 0.3 is 0 Å². The Balaban J connectivity index is 2.05. The van der Waals surface area contributed by atoms with Crippen LogP contribution in [0.4, 0.5) is 5.69 Å². The van der Waals surface area contributed by atoms with Gasteiger partial charge in [-0.2, -0.15) is 0 Å². The molecule has 0 atom stereocenters. The van der Waals surface area contributed by atoms with E-state index in [1.165, 1.54) is 11.1 Å². The molecule has 2 N–H and O–H groups in total. The Labute approximate surface area is 147 Å². The van der Waals surface area contributed by atoms with E-state index >= 15 is 0 Å². The van der Waals surface area contributed by atoms with Crippen molar-refractivity contribution in [3.8, 4) is 22.3 Å². The van der Waals surface area contributed by atoms with Crippen LogP contribution >= 0.6 is 0 Å². The summed E-state index contributed by atoms with van der Waals surface area (Å²) in [6.07, 6.45) is 0. The van der Waals surface area contributed by atoms with Crippen LogP contribution in [0.1, 0.15) is 21.5 Å². The van der Waals surface area contributed by atoms with Gasteiger partial charge in [0.2, 0.25) is 0 Å². The lowest BCUT2D eigenvalue weighted by atomic mass is 9.95. The highest BCUT2D eigenvalue weighted by Crippen LogP contribution is 2.32. The van der Waals surface area contributed by atoms with Crippen molar-refractivity contribution in [3.63, 3.8) is 0 Å². The van der Waals surface area contributed by atoms with Crippen LogP contribution in [0, 0.1) is 13.8 Å². The molecule has 3 heteroatoms. The molecule has 0 aliphatic heterocycles. The smallest absolute Gasteiger partial charge is 0.250 e. The molecule has 124 valence electrons. The van der Waals surface area contributed by atoms with Crippen LogP contribution in [-0.2, 0) is 0 Å². The summed E-state index contributed by atoms with van der Waals surface area (Å²) in [7, 11) is 0. The average Bonchev–Trinajstić information content (AvgIpc) is 2.61. The van der Waals surface area contributed by atoms with Gasteiger partial charge < -0.3 is 5.73 Å². The van der Waals surface area contributed by atoms with Crippen molar-refractivity contribution in [2.75, 3.05) is 0 Å². The van der Waals surface area contributed by atoms with Gasteiger partial charge in [0, 0.05) is 0 Å². The Morgan fingerprint density at radius 3 is 2.12 bits per heavy atom. The second-order valence-corrected chi connectivity index (χ2v) is 6.10. The van der Waals surface area contributed by atoms with E-state index in [0.29, 0.717) is 11.3 Å². The van der Waals surface area contributed by atoms with Crippen molar-refractivity contribution in [2.24, 2.45) is 10.7 Å². The first-order valence-electron chi connectivity index (χ1n) is 8.09. The monoisotopic (exact) mass is 328 g/mol. The molecule has 3 nitrogen and oxygen atoms in total. The zero-order valence-electron chi connectivity index (χ0n) is 14.4. The Kier molecular flexibility index (Phi) is 4.48. The summed E-state index contributed by atoms with van der Waals surface area (Å²) in [5, 5.41) is 0. The molecule has 1 amide bonds. The van der Waals surface area contributed by atoms with Gasteiger partial charge in [-0.15, -0.1) is 0 Å². The summed E-state index contributed by atoms with van der Waals surface area (Å²) in [6.45, 7) is 7.54. The maximum Gasteiger partial charge on any atom is 0.250 e. The number of amides is 1. The fraction of sp³-hybridized carbons (Fsp3) is 0.0909. The van der Waals surface area contributed by atoms with Gasteiger partial charge in [0.1, 0.15) is 0 Å². The number of nitrogens with two attached hydrogens (primary N) is 1. The molecule has 0 radical (unpaired) electrons. The Bertz CT molecular complexity index is 956. The third kappa shape index (κ3) is 3.22. The van der Waals surface area contributed by atoms with Gasteiger partial charge in [-0.25, -0.2) is 0 Å². The molecule has 0 heterocycles. The van der Waals surface area contributed by atoms with E-state index in [4.69, 9.17) is 5.73 Å². The van der Waals surface area contributed by atoms with E-state index in [0.717, 1.165) is 22.3 Å². The molecule has 0 spiro atoms. The molecule has 0 fully saturated rings. The fourth-order valence-corrected chi connectivity index (χ4v) is 3.08. The summed E-state index contributed by atoms with van der Waals surface area (Å²) in [4.78, 5) is 15.7. The minimum Gasteiger partial charge on any atom is -0.366 e. The van der Waals surface area contributed by atoms with Gasteiger partial charge in [0.25, 0.3) is 5.91 Å². The first-order valence-corrected chi connectivity index (χ1v) is 8.09. The summed E-state index contributed by atoms with van der Waals surface area (Å²) in [5.74, 6) is -0.496. The van der Waals surface area contributed by atoms with E-state index in [1.807, 2.05) is 25.1 Å². The normalized spacial score (nSPS) is 10.5. The predicted octanol–water partition coefficient (Wildman–Crippen LogP) is 5.07. The number of aliphatic imine (C=N–C) groups is 1. The number of hydrogen-bond acceptors (Lipinski definition) is 2. The molecule has 3 aromatic carbocycles. The highest BCUT2D eigenvalue weighted by molar-refractivity contribution is 6.00. The zero-order chi connectivity index (χ0) is 18.0. The van der Waals surface area contributed by atoms with Crippen molar-refractivity contribution >= 4 is 18.3 Å². The topological polar surface area (TPSA) is 55.4 Å². The SMILES string of the molecule is C=Nc1c(C)cc(-c2ccc(-c3ccccc3C)cc2)cc1C(N)=O. The number of hydrogen-bond donors (Lipinski definition) is 1. The van der Waals surface area contributed by atoms with E-state index in [-0.39, 0.29) is 0 Å². The summed E-state index contributed by atoms with van der Waals surface area (Å²) >= 11 is 0. The molecule has 25 heavy (non-hydrogen) atoms. The maximum absolute atomic E-state index is 11.7. The van der Waals surface area contributed by atoms with Crippen LogP contribution in [0.3, 0.4) is 0 Å². The molecular formula is C22H20N2O. The van der Waals surface area contributed by atoms with Crippen LogP contribution in [0.25, 0.3) is 22.3 Å². The van der Waals surface area contributed by atoms with Crippen molar-refractivity contribution in [3.05, 3.63) is 77.4 Å². The van der Waals surface area contributed by atoms with Crippen molar-refractivity contribution in [1.82, 2.24) is 0 Å². The first kappa shape index (κ1) is 16.7. The van der Waals surface area contributed by atoms with Crippen LogP contribution in [0.5, 0.6) is 0 Å². The van der Waals surface area contributed by atoms with E-state index in [2.05, 4.69) is 55.0 Å². The van der Waals surface area contributed by atoms with Gasteiger partial charge in [0.05, 0.1) is 11.3 Å². The molecule has 0 saturated heterocycles. The van der Waals surface area contributed by atoms with Gasteiger partial charge in [-0.05, 0) is 66.1 Å². The predicted molar refractivity (Wildman–Crippen MR) is 105 cm³/mol. The second-order valence-electron chi connectivity index (χ2n) is 6.10. The third-order valence-electron chi connectivity index (χ3n) is 4.40. The van der Waals surface area contributed by atoms with E-state index in [9.17, 15) is 4.79 Å².